The van der Waals surface area contributed by atoms with Crippen LogP contribution in [0, 0.1) is 22.7 Å². The van der Waals surface area contributed by atoms with Crippen molar-refractivity contribution in [3.63, 3.8) is 0 Å². The molecule has 0 heterocycles. The van der Waals surface area contributed by atoms with Crippen molar-refractivity contribution in [1.82, 2.24) is 14.7 Å². The lowest BCUT2D eigenvalue weighted by atomic mass is 10.3. The van der Waals surface area contributed by atoms with Crippen LogP contribution >= 0.6 is 0 Å². The number of likely N-dealkylation sites (N-methyl/N-ethyl adjacent to an activating group) is 2. The molecule has 0 radical (unpaired) electrons. The van der Waals surface area contributed by atoms with Crippen molar-refractivity contribution in [2.45, 2.75) is 26.7 Å². The molecule has 0 rings (SSSR count). The van der Waals surface area contributed by atoms with E-state index in [9.17, 15) is 9.59 Å². The summed E-state index contributed by atoms with van der Waals surface area (Å²) in [6, 6.07) is 3.99. The number of hydrogen-bond donors (Lipinski definition) is 0. The Hall–Kier alpha value is -2.12. The molecule has 0 atom stereocenters. The molecule has 0 aliphatic carbocycles. The molecule has 0 aromatic carbocycles. The smallest absolute Gasteiger partial charge is 0.236 e. The van der Waals surface area contributed by atoms with E-state index in [2.05, 4.69) is 0 Å². The van der Waals surface area contributed by atoms with Crippen LogP contribution in [0.5, 0.6) is 0 Å². The lowest BCUT2D eigenvalue weighted by molar-refractivity contribution is -0.134. The Morgan fingerprint density at radius 1 is 0.864 bits per heavy atom. The van der Waals surface area contributed by atoms with Crippen molar-refractivity contribution in [3.05, 3.63) is 0 Å². The fourth-order valence-corrected chi connectivity index (χ4v) is 2.03. The van der Waals surface area contributed by atoms with Gasteiger partial charge in [0.15, 0.2) is 0 Å². The summed E-state index contributed by atoms with van der Waals surface area (Å²) in [4.78, 5) is 29.1. The van der Waals surface area contributed by atoms with E-state index in [1.807, 2.05) is 26.0 Å². The molecule has 0 aliphatic heterocycles. The standard InChI is InChI=1S/C15H25N5O2/c1-4-19(5-2)14(21)12-18(3)13-15(22)20(10-6-8-16)11-7-9-17/h4-7,10-13H2,1-3H3. The Morgan fingerprint density at radius 2 is 1.27 bits per heavy atom. The molecule has 0 N–H and O–H groups in total. The maximum absolute atomic E-state index is 12.2. The van der Waals surface area contributed by atoms with E-state index < -0.39 is 0 Å². The monoisotopic (exact) mass is 307 g/mol. The molecule has 122 valence electrons. The number of carbonyl (C=O) groups is 2. The average Bonchev–Trinajstić information content (AvgIpc) is 2.48. The van der Waals surface area contributed by atoms with Crippen molar-refractivity contribution >= 4 is 11.8 Å². The highest BCUT2D eigenvalue weighted by atomic mass is 16.2. The molecule has 7 heteroatoms. The molecule has 0 spiro atoms. The third-order valence-corrected chi connectivity index (χ3v) is 3.27. The fourth-order valence-electron chi connectivity index (χ4n) is 2.03. The maximum Gasteiger partial charge on any atom is 0.236 e. The number of nitriles is 2. The minimum atomic E-state index is -0.166. The zero-order valence-electron chi connectivity index (χ0n) is 13.7. The second-order valence-electron chi connectivity index (χ2n) is 4.94. The minimum Gasteiger partial charge on any atom is -0.342 e. The first kappa shape index (κ1) is 19.9. The number of nitrogens with zero attached hydrogens (tertiary/aromatic N) is 5. The fraction of sp³-hybridized carbons (Fsp3) is 0.733. The molecule has 0 aromatic heterocycles. The van der Waals surface area contributed by atoms with Gasteiger partial charge in [0, 0.05) is 26.2 Å². The SMILES string of the molecule is CCN(CC)C(=O)CN(C)CC(=O)N(CCC#N)CCC#N. The third kappa shape index (κ3) is 7.61. The summed E-state index contributed by atoms with van der Waals surface area (Å²) in [5.74, 6) is -0.179. The van der Waals surface area contributed by atoms with E-state index >= 15 is 0 Å². The second-order valence-corrected chi connectivity index (χ2v) is 4.94. The highest BCUT2D eigenvalue weighted by Gasteiger charge is 2.18. The zero-order valence-corrected chi connectivity index (χ0v) is 13.7. The predicted octanol–water partition coefficient (Wildman–Crippen LogP) is 0.443. The molecule has 0 saturated carbocycles. The Bertz CT molecular complexity index is 416. The largest absolute Gasteiger partial charge is 0.342 e. The van der Waals surface area contributed by atoms with Gasteiger partial charge in [-0.05, 0) is 20.9 Å². The Kier molecular flexibility index (Phi) is 10.4. The van der Waals surface area contributed by atoms with E-state index in [1.165, 1.54) is 4.90 Å². The summed E-state index contributed by atoms with van der Waals surface area (Å²) in [5, 5.41) is 17.2. The van der Waals surface area contributed by atoms with Crippen LogP contribution in [-0.4, -0.2) is 72.8 Å². The van der Waals surface area contributed by atoms with Crippen LogP contribution in [0.2, 0.25) is 0 Å². The lowest BCUT2D eigenvalue weighted by Gasteiger charge is -2.26. The van der Waals surface area contributed by atoms with Crippen LogP contribution in [0.1, 0.15) is 26.7 Å². The van der Waals surface area contributed by atoms with Gasteiger partial charge in [-0.3, -0.25) is 14.5 Å². The molecule has 0 aromatic rings. The summed E-state index contributed by atoms with van der Waals surface area (Å²) in [5.41, 5.74) is 0. The van der Waals surface area contributed by atoms with Crippen LogP contribution < -0.4 is 0 Å². The molecule has 0 unspecified atom stereocenters. The van der Waals surface area contributed by atoms with Crippen molar-refractivity contribution in [2.24, 2.45) is 0 Å². The van der Waals surface area contributed by atoms with E-state index in [0.717, 1.165) is 0 Å². The molecule has 0 fully saturated rings. The minimum absolute atomic E-state index is 0.0131. The topological polar surface area (TPSA) is 91.4 Å². The molecule has 0 aliphatic rings. The predicted molar refractivity (Wildman–Crippen MR) is 82.5 cm³/mol. The third-order valence-electron chi connectivity index (χ3n) is 3.27. The van der Waals surface area contributed by atoms with Gasteiger partial charge in [-0.2, -0.15) is 10.5 Å². The first-order valence-electron chi connectivity index (χ1n) is 7.48. The molecule has 7 nitrogen and oxygen atoms in total. The molecular formula is C15H25N5O2. The van der Waals surface area contributed by atoms with Gasteiger partial charge in [0.05, 0.1) is 38.1 Å². The molecule has 0 bridgehead atoms. The van der Waals surface area contributed by atoms with Crippen LogP contribution in [0.15, 0.2) is 0 Å². The normalized spacial score (nSPS) is 9.91. The molecule has 22 heavy (non-hydrogen) atoms. The van der Waals surface area contributed by atoms with Gasteiger partial charge in [-0.1, -0.05) is 0 Å². The number of carbonyl (C=O) groups excluding carboxylic acids is 2. The van der Waals surface area contributed by atoms with Gasteiger partial charge in [-0.25, -0.2) is 0 Å². The number of amides is 2. The van der Waals surface area contributed by atoms with Gasteiger partial charge in [0.25, 0.3) is 0 Å². The zero-order chi connectivity index (χ0) is 17.0. The highest BCUT2D eigenvalue weighted by Crippen LogP contribution is 1.98. The second kappa shape index (κ2) is 11.5. The number of rotatable bonds is 10. The van der Waals surface area contributed by atoms with Gasteiger partial charge in [0.2, 0.25) is 11.8 Å². The van der Waals surface area contributed by atoms with Crippen molar-refractivity contribution in [2.75, 3.05) is 46.3 Å². The van der Waals surface area contributed by atoms with Crippen LogP contribution in [-0.2, 0) is 9.59 Å². The lowest BCUT2D eigenvalue weighted by Crippen LogP contribution is -2.44. The molecule has 0 saturated heterocycles. The van der Waals surface area contributed by atoms with E-state index in [1.54, 1.807) is 16.8 Å². The Morgan fingerprint density at radius 3 is 1.64 bits per heavy atom. The summed E-state index contributed by atoms with van der Waals surface area (Å²) in [7, 11) is 1.71. The summed E-state index contributed by atoms with van der Waals surface area (Å²) in [6.45, 7) is 6.03. The van der Waals surface area contributed by atoms with E-state index in [4.69, 9.17) is 10.5 Å². The Balaban J connectivity index is 4.48. The molecular weight excluding hydrogens is 282 g/mol. The Labute approximate surface area is 132 Å². The number of hydrogen-bond acceptors (Lipinski definition) is 5. The summed E-state index contributed by atoms with van der Waals surface area (Å²) in [6.07, 6.45) is 0.471. The van der Waals surface area contributed by atoms with Gasteiger partial charge < -0.3 is 9.80 Å². The van der Waals surface area contributed by atoms with E-state index in [-0.39, 0.29) is 37.7 Å². The summed E-state index contributed by atoms with van der Waals surface area (Å²) < 4.78 is 0. The van der Waals surface area contributed by atoms with Gasteiger partial charge >= 0.3 is 0 Å². The van der Waals surface area contributed by atoms with E-state index in [0.29, 0.717) is 26.2 Å². The quantitative estimate of drug-likeness (QED) is 0.584. The van der Waals surface area contributed by atoms with Crippen LogP contribution in [0.25, 0.3) is 0 Å². The van der Waals surface area contributed by atoms with Crippen molar-refractivity contribution in [1.29, 1.82) is 10.5 Å². The van der Waals surface area contributed by atoms with Gasteiger partial charge in [-0.15, -0.1) is 0 Å². The van der Waals surface area contributed by atoms with Crippen molar-refractivity contribution < 1.29 is 9.59 Å². The van der Waals surface area contributed by atoms with Gasteiger partial charge in [0.1, 0.15) is 0 Å². The first-order valence-corrected chi connectivity index (χ1v) is 7.48. The van der Waals surface area contributed by atoms with Crippen LogP contribution in [0.3, 0.4) is 0 Å². The average molecular weight is 307 g/mol. The van der Waals surface area contributed by atoms with Crippen molar-refractivity contribution in [3.8, 4) is 12.1 Å². The molecule has 2 amide bonds. The van der Waals surface area contributed by atoms with Crippen LogP contribution in [0.4, 0.5) is 0 Å². The maximum atomic E-state index is 12.2. The first-order chi connectivity index (χ1) is 10.5. The highest BCUT2D eigenvalue weighted by molar-refractivity contribution is 5.81. The summed E-state index contributed by atoms with van der Waals surface area (Å²) >= 11 is 0.